The molecular weight excluding hydrogens is 466 g/mol. The van der Waals surface area contributed by atoms with E-state index in [1.54, 1.807) is 29.2 Å². The number of sulfone groups is 1. The van der Waals surface area contributed by atoms with Crippen molar-refractivity contribution in [3.63, 3.8) is 0 Å². The second-order valence-corrected chi connectivity index (χ2v) is 11.2. The maximum atomic E-state index is 13.1. The third-order valence-electron chi connectivity index (χ3n) is 5.26. The van der Waals surface area contributed by atoms with Crippen molar-refractivity contribution in [3.05, 3.63) is 53.1 Å². The van der Waals surface area contributed by atoms with Crippen LogP contribution in [-0.2, 0) is 14.6 Å². The first-order chi connectivity index (χ1) is 14.6. The van der Waals surface area contributed by atoms with Crippen LogP contribution in [0.3, 0.4) is 0 Å². The maximum absolute atomic E-state index is 13.1. The molecule has 0 aliphatic heterocycles. The number of hydrogen-bond acceptors (Lipinski definition) is 6. The minimum absolute atomic E-state index is 0. The molecule has 0 aliphatic rings. The molecule has 0 saturated heterocycles. The minimum atomic E-state index is -3.53. The lowest BCUT2D eigenvalue weighted by Gasteiger charge is -2.22. The van der Waals surface area contributed by atoms with Crippen molar-refractivity contribution in [2.75, 3.05) is 37.8 Å². The Balaban J connectivity index is 0.00000363. The molecule has 0 spiro atoms. The van der Waals surface area contributed by atoms with E-state index in [2.05, 4.69) is 18.0 Å². The van der Waals surface area contributed by atoms with Gasteiger partial charge < -0.3 is 4.90 Å². The zero-order valence-electron chi connectivity index (χ0n) is 19.1. The molecule has 0 fully saturated rings. The Morgan fingerprint density at radius 1 is 1.00 bits per heavy atom. The van der Waals surface area contributed by atoms with Crippen LogP contribution in [0.4, 0.5) is 5.13 Å². The molecule has 1 amide bonds. The van der Waals surface area contributed by atoms with Gasteiger partial charge in [0.1, 0.15) is 0 Å². The van der Waals surface area contributed by atoms with Gasteiger partial charge in [-0.1, -0.05) is 29.0 Å². The van der Waals surface area contributed by atoms with Gasteiger partial charge in [0.25, 0.3) is 0 Å². The molecule has 0 bridgehead atoms. The smallest absolute Gasteiger partial charge is 0.229 e. The summed E-state index contributed by atoms with van der Waals surface area (Å²) >= 11 is 1.47. The fourth-order valence-corrected chi connectivity index (χ4v) is 5.45. The van der Waals surface area contributed by atoms with Crippen molar-refractivity contribution in [3.8, 4) is 0 Å². The van der Waals surface area contributed by atoms with Gasteiger partial charge in [0.05, 0.1) is 20.9 Å². The number of halogens is 1. The summed E-state index contributed by atoms with van der Waals surface area (Å²) in [4.78, 5) is 21.7. The third kappa shape index (κ3) is 6.28. The summed E-state index contributed by atoms with van der Waals surface area (Å²) in [6.45, 7) is 7.11. The number of aromatic nitrogens is 1. The van der Waals surface area contributed by atoms with Crippen molar-refractivity contribution in [1.29, 1.82) is 0 Å². The van der Waals surface area contributed by atoms with Gasteiger partial charge in [0, 0.05) is 19.5 Å². The molecule has 0 aliphatic carbocycles. The van der Waals surface area contributed by atoms with Crippen LogP contribution in [0.15, 0.2) is 41.3 Å². The molecule has 0 atom stereocenters. The molecule has 1 aromatic heterocycles. The molecular formula is C23H30ClN3O3S2. The highest BCUT2D eigenvalue weighted by Gasteiger charge is 2.23. The number of thiazole rings is 1. The first-order valence-electron chi connectivity index (χ1n) is 10.2. The lowest BCUT2D eigenvalue weighted by atomic mass is 10.1. The largest absolute Gasteiger partial charge is 0.308 e. The number of fused-ring (bicyclic) bond motifs is 1. The van der Waals surface area contributed by atoms with E-state index < -0.39 is 9.84 Å². The van der Waals surface area contributed by atoms with Gasteiger partial charge in [-0.2, -0.15) is 0 Å². The predicted octanol–water partition coefficient (Wildman–Crippen LogP) is 4.40. The molecule has 0 unspecified atom stereocenters. The number of anilines is 1. The fraction of sp³-hybridized carbons (Fsp3) is 0.391. The van der Waals surface area contributed by atoms with Gasteiger partial charge in [0.15, 0.2) is 15.0 Å². The van der Waals surface area contributed by atoms with E-state index >= 15 is 0 Å². The molecule has 0 N–H and O–H groups in total. The number of hydrogen-bond donors (Lipinski definition) is 0. The van der Waals surface area contributed by atoms with Gasteiger partial charge in [-0.3, -0.25) is 9.69 Å². The van der Waals surface area contributed by atoms with Crippen LogP contribution in [0.1, 0.15) is 23.1 Å². The summed E-state index contributed by atoms with van der Waals surface area (Å²) < 4.78 is 26.4. The van der Waals surface area contributed by atoms with Crippen molar-refractivity contribution in [2.24, 2.45) is 0 Å². The minimum Gasteiger partial charge on any atom is -0.308 e. The van der Waals surface area contributed by atoms with Gasteiger partial charge >= 0.3 is 0 Å². The number of carbonyl (C=O) groups is 1. The quantitative estimate of drug-likeness (QED) is 0.463. The number of amides is 1. The normalized spacial score (nSPS) is 11.6. The molecule has 0 radical (unpaired) electrons. The second kappa shape index (κ2) is 10.7. The number of carbonyl (C=O) groups excluding carboxylic acids is 1. The molecule has 9 heteroatoms. The lowest BCUT2D eigenvalue weighted by Crippen LogP contribution is -2.37. The van der Waals surface area contributed by atoms with E-state index in [0.29, 0.717) is 18.2 Å². The van der Waals surface area contributed by atoms with Crippen LogP contribution >= 0.6 is 23.7 Å². The molecule has 0 saturated carbocycles. The summed E-state index contributed by atoms with van der Waals surface area (Å²) in [6.07, 6.45) is -0.0857. The molecule has 32 heavy (non-hydrogen) atoms. The Morgan fingerprint density at radius 3 is 2.25 bits per heavy atom. The van der Waals surface area contributed by atoms with Crippen molar-refractivity contribution < 1.29 is 13.2 Å². The van der Waals surface area contributed by atoms with E-state index in [1.807, 2.05) is 38.9 Å². The van der Waals surface area contributed by atoms with Crippen LogP contribution < -0.4 is 4.90 Å². The number of likely N-dealkylation sites (N-methyl/N-ethyl adjacent to an activating group) is 1. The molecule has 3 rings (SSSR count). The van der Waals surface area contributed by atoms with Crippen molar-refractivity contribution in [1.82, 2.24) is 9.88 Å². The fourth-order valence-electron chi connectivity index (χ4n) is 3.13. The monoisotopic (exact) mass is 495 g/mol. The molecule has 1 heterocycles. The Labute approximate surface area is 200 Å². The van der Waals surface area contributed by atoms with Crippen molar-refractivity contribution >= 4 is 54.8 Å². The topological polar surface area (TPSA) is 70.6 Å². The maximum Gasteiger partial charge on any atom is 0.229 e. The van der Waals surface area contributed by atoms with E-state index in [4.69, 9.17) is 0 Å². The molecule has 174 valence electrons. The Kier molecular flexibility index (Phi) is 8.82. The van der Waals surface area contributed by atoms with Crippen LogP contribution in [0.5, 0.6) is 0 Å². The number of aryl methyl sites for hydroxylation is 3. The Hall–Kier alpha value is -2.00. The zero-order chi connectivity index (χ0) is 22.8. The first-order valence-corrected chi connectivity index (χ1v) is 12.7. The van der Waals surface area contributed by atoms with Gasteiger partial charge in [-0.05, 0) is 70.3 Å². The van der Waals surface area contributed by atoms with Gasteiger partial charge in [-0.15, -0.1) is 12.4 Å². The summed E-state index contributed by atoms with van der Waals surface area (Å²) in [5.41, 5.74) is 4.18. The average molecular weight is 496 g/mol. The third-order valence-corrected chi connectivity index (χ3v) is 8.03. The van der Waals surface area contributed by atoms with Crippen LogP contribution in [-0.4, -0.2) is 57.1 Å². The highest BCUT2D eigenvalue weighted by molar-refractivity contribution is 7.91. The molecule has 6 nitrogen and oxygen atoms in total. The SMILES string of the molecule is Cc1ccc(S(=O)(=O)CCC(=O)N(CCN(C)C)c2nc3cc(C)c(C)cc3s2)cc1.Cl. The van der Waals surface area contributed by atoms with E-state index in [9.17, 15) is 13.2 Å². The second-order valence-electron chi connectivity index (χ2n) is 8.13. The summed E-state index contributed by atoms with van der Waals surface area (Å²) in [5, 5.41) is 0.611. The summed E-state index contributed by atoms with van der Waals surface area (Å²) in [5.74, 6) is -0.457. The average Bonchev–Trinajstić information content (AvgIpc) is 3.09. The molecule has 3 aromatic rings. The summed E-state index contributed by atoms with van der Waals surface area (Å²) in [6, 6.07) is 10.8. The molecule has 2 aromatic carbocycles. The predicted molar refractivity (Wildman–Crippen MR) is 135 cm³/mol. The number of rotatable bonds is 8. The van der Waals surface area contributed by atoms with Crippen LogP contribution in [0.25, 0.3) is 10.2 Å². The Morgan fingerprint density at radius 2 is 1.62 bits per heavy atom. The van der Waals surface area contributed by atoms with Gasteiger partial charge in [-0.25, -0.2) is 13.4 Å². The Bertz CT molecular complexity index is 1150. The first kappa shape index (κ1) is 26.3. The van der Waals surface area contributed by atoms with E-state index in [-0.39, 0.29) is 35.4 Å². The number of nitrogens with zero attached hydrogens (tertiary/aromatic N) is 3. The van der Waals surface area contributed by atoms with Crippen LogP contribution in [0, 0.1) is 20.8 Å². The summed E-state index contributed by atoms with van der Waals surface area (Å²) in [7, 11) is 0.350. The highest BCUT2D eigenvalue weighted by Crippen LogP contribution is 2.31. The van der Waals surface area contributed by atoms with Gasteiger partial charge in [0.2, 0.25) is 5.91 Å². The lowest BCUT2D eigenvalue weighted by molar-refractivity contribution is -0.118. The standard InChI is InChI=1S/C23H29N3O3S2.ClH/c1-16-6-8-19(9-7-16)31(28,29)13-10-22(27)26(12-11-25(4)5)23-24-20-14-17(2)18(3)15-21(20)30-23;/h6-9,14-15H,10-13H2,1-5H3;1H. The van der Waals surface area contributed by atoms with Crippen molar-refractivity contribution in [2.45, 2.75) is 32.1 Å². The van der Waals surface area contributed by atoms with Crippen LogP contribution in [0.2, 0.25) is 0 Å². The van der Waals surface area contributed by atoms with E-state index in [1.165, 1.54) is 16.9 Å². The number of benzene rings is 2. The van der Waals surface area contributed by atoms with E-state index in [0.717, 1.165) is 21.3 Å². The highest BCUT2D eigenvalue weighted by atomic mass is 35.5. The zero-order valence-corrected chi connectivity index (χ0v) is 21.5.